The van der Waals surface area contributed by atoms with E-state index in [0.717, 1.165) is 6.42 Å². The molecule has 0 bridgehead atoms. The summed E-state index contributed by atoms with van der Waals surface area (Å²) < 4.78 is 17.4. The summed E-state index contributed by atoms with van der Waals surface area (Å²) in [7, 11) is -5.74. The maximum Gasteiger partial charge on any atom is 0.692 e. The van der Waals surface area contributed by atoms with Crippen molar-refractivity contribution in [2.75, 3.05) is 0 Å². The lowest BCUT2D eigenvalue weighted by Crippen LogP contribution is -2.20. The van der Waals surface area contributed by atoms with E-state index in [0.29, 0.717) is 0 Å². The van der Waals surface area contributed by atoms with Gasteiger partial charge in [0.25, 0.3) is 0 Å². The van der Waals surface area contributed by atoms with Crippen molar-refractivity contribution in [2.24, 2.45) is 0 Å². The van der Waals surface area contributed by atoms with Crippen LogP contribution in [0.1, 0.15) is 65.2 Å². The van der Waals surface area contributed by atoms with Gasteiger partial charge in [0, 0.05) is 9.13 Å². The number of aryl methyl sites for hydroxylation is 1. The number of benzene rings is 3. The first-order chi connectivity index (χ1) is 16.6. The molecule has 3 aromatic rings. The molecule has 3 rings (SSSR count). The molecule has 8 heteroatoms. The van der Waals surface area contributed by atoms with Gasteiger partial charge in [-0.15, -0.1) is 19.6 Å². The average Bonchev–Trinajstić information content (AvgIpc) is 2.77. The van der Waals surface area contributed by atoms with E-state index in [9.17, 15) is 0 Å². The van der Waals surface area contributed by atoms with E-state index in [4.69, 9.17) is 28.7 Å². The van der Waals surface area contributed by atoms with Gasteiger partial charge in [0.05, 0.1) is 0 Å². The van der Waals surface area contributed by atoms with E-state index in [1.807, 2.05) is 0 Å². The predicted octanol–water partition coefficient (Wildman–Crippen LogP) is 7.43. The van der Waals surface area contributed by atoms with Crippen molar-refractivity contribution in [3.8, 4) is 22.3 Å². The van der Waals surface area contributed by atoms with Crippen molar-refractivity contribution < 1.29 is 28.7 Å². The standard InChI is InChI=1S/C28H34.2HO3P/c1-8-20-18-24(27(2,3)4)26(25(19-20)28(5,6)7)23-16-14-22(15-17-23)21-12-10-9-11-13-21;2*1-4(2)3/h9-19H,8H2,1-7H3;2*(H-,1,2,3)/p+2. The lowest BCUT2D eigenvalue weighted by atomic mass is 9.73. The third-order valence-corrected chi connectivity index (χ3v) is 5.50. The van der Waals surface area contributed by atoms with Crippen LogP contribution in [0.25, 0.3) is 22.3 Å². The van der Waals surface area contributed by atoms with Crippen LogP contribution in [-0.4, -0.2) is 19.6 Å². The highest BCUT2D eigenvalue weighted by Gasteiger charge is 2.27. The van der Waals surface area contributed by atoms with Gasteiger partial charge in [-0.1, -0.05) is 115 Å². The van der Waals surface area contributed by atoms with Gasteiger partial charge in [-0.25, -0.2) is 0 Å². The smallest absolute Gasteiger partial charge is 0.134 e. The third-order valence-electron chi connectivity index (χ3n) is 5.50. The minimum Gasteiger partial charge on any atom is -0.134 e. The minimum absolute atomic E-state index is 0.0958. The van der Waals surface area contributed by atoms with Crippen LogP contribution in [0.15, 0.2) is 66.7 Å². The summed E-state index contributed by atoms with van der Waals surface area (Å²) in [5.74, 6) is 0. The summed E-state index contributed by atoms with van der Waals surface area (Å²) in [6.07, 6.45) is 1.07. The van der Waals surface area contributed by atoms with Crippen LogP contribution in [-0.2, 0) is 26.4 Å². The van der Waals surface area contributed by atoms with E-state index >= 15 is 0 Å². The molecule has 0 heterocycles. The second kappa shape index (κ2) is 13.9. The molecule has 6 nitrogen and oxygen atoms in total. The van der Waals surface area contributed by atoms with Crippen LogP contribution in [0, 0.1) is 0 Å². The van der Waals surface area contributed by atoms with Crippen molar-refractivity contribution in [1.29, 1.82) is 0 Å². The van der Waals surface area contributed by atoms with Gasteiger partial charge in [-0.2, -0.15) is 0 Å². The average molecular weight is 533 g/mol. The quantitative estimate of drug-likeness (QED) is 0.261. The van der Waals surface area contributed by atoms with Crippen LogP contribution < -0.4 is 0 Å². The molecule has 4 N–H and O–H groups in total. The molecule has 0 saturated carbocycles. The molecule has 0 unspecified atom stereocenters. The lowest BCUT2D eigenvalue weighted by molar-refractivity contribution is 0.403. The predicted molar refractivity (Wildman–Crippen MR) is 148 cm³/mol. The Morgan fingerprint density at radius 3 is 1.28 bits per heavy atom. The van der Waals surface area contributed by atoms with Gasteiger partial charge in [-0.05, 0) is 56.2 Å². The molecule has 0 spiro atoms. The first-order valence-electron chi connectivity index (χ1n) is 11.6. The lowest BCUT2D eigenvalue weighted by Gasteiger charge is -2.31. The number of hydrogen-bond acceptors (Lipinski definition) is 2. The highest BCUT2D eigenvalue weighted by atomic mass is 31.1. The SMILES string of the molecule is CCc1cc(C(C)(C)C)c(-c2ccc(-c3ccccc3)cc2)c(C(C)(C)C)c1.O=[P+](O)O.O=[P+](O)O. The van der Waals surface area contributed by atoms with Gasteiger partial charge in [0.1, 0.15) is 0 Å². The van der Waals surface area contributed by atoms with Gasteiger partial charge in [-0.3, -0.25) is 0 Å². The van der Waals surface area contributed by atoms with Gasteiger partial charge in [0.15, 0.2) is 0 Å². The molecule has 0 saturated heterocycles. The molecule has 3 aromatic carbocycles. The summed E-state index contributed by atoms with van der Waals surface area (Å²) in [5, 5.41) is 0. The molecule has 0 aromatic heterocycles. The van der Waals surface area contributed by atoms with Crippen molar-refractivity contribution in [2.45, 2.75) is 65.7 Å². The molecule has 36 heavy (non-hydrogen) atoms. The Kier molecular flexibility index (Phi) is 12.2. The van der Waals surface area contributed by atoms with Crippen molar-refractivity contribution in [3.05, 3.63) is 83.4 Å². The minimum atomic E-state index is -2.87. The molecule has 0 aliphatic rings. The van der Waals surface area contributed by atoms with Gasteiger partial charge >= 0.3 is 16.5 Å². The second-order valence-electron chi connectivity index (χ2n) is 10.4. The zero-order valence-corrected chi connectivity index (χ0v) is 23.8. The summed E-state index contributed by atoms with van der Waals surface area (Å²) in [5.41, 5.74) is 9.78. The Balaban J connectivity index is 0.000000709. The van der Waals surface area contributed by atoms with Crippen LogP contribution in [0.4, 0.5) is 0 Å². The first kappa shape index (κ1) is 31.7. The van der Waals surface area contributed by atoms with Crippen molar-refractivity contribution >= 4 is 16.5 Å². The van der Waals surface area contributed by atoms with Gasteiger partial charge < -0.3 is 0 Å². The van der Waals surface area contributed by atoms with Crippen LogP contribution >= 0.6 is 16.5 Å². The Labute approximate surface area is 216 Å². The van der Waals surface area contributed by atoms with Crippen molar-refractivity contribution in [3.63, 3.8) is 0 Å². The Morgan fingerprint density at radius 1 is 0.611 bits per heavy atom. The highest BCUT2D eigenvalue weighted by molar-refractivity contribution is 7.31. The molecule has 0 aliphatic heterocycles. The van der Waals surface area contributed by atoms with Crippen molar-refractivity contribution in [1.82, 2.24) is 0 Å². The number of rotatable bonds is 3. The van der Waals surface area contributed by atoms with Crippen LogP contribution in [0.3, 0.4) is 0 Å². The Bertz CT molecular complexity index is 1090. The maximum absolute atomic E-state index is 8.70. The second-order valence-corrected chi connectivity index (χ2v) is 11.4. The van der Waals surface area contributed by atoms with E-state index < -0.39 is 16.5 Å². The molecule has 0 amide bonds. The maximum atomic E-state index is 8.70. The molecule has 0 atom stereocenters. The molecular weight excluding hydrogens is 494 g/mol. The van der Waals surface area contributed by atoms with E-state index in [2.05, 4.69) is 115 Å². The summed E-state index contributed by atoms with van der Waals surface area (Å²) in [6.45, 7) is 16.2. The summed E-state index contributed by atoms with van der Waals surface area (Å²) in [4.78, 5) is 28.5. The fourth-order valence-corrected chi connectivity index (χ4v) is 3.86. The Morgan fingerprint density at radius 2 is 0.944 bits per heavy atom. The molecule has 0 aliphatic carbocycles. The summed E-state index contributed by atoms with van der Waals surface area (Å²) in [6, 6.07) is 24.6. The van der Waals surface area contributed by atoms with E-state index in [1.165, 1.54) is 38.9 Å². The normalized spacial score (nSPS) is 11.0. The topological polar surface area (TPSA) is 115 Å². The zero-order valence-electron chi connectivity index (χ0n) is 22.1. The molecular formula is C28H38O6P2+2. The Hall–Kier alpha value is -2.30. The summed E-state index contributed by atoms with van der Waals surface area (Å²) >= 11 is 0. The molecule has 194 valence electrons. The van der Waals surface area contributed by atoms with Crippen LogP contribution in [0.2, 0.25) is 0 Å². The largest absolute Gasteiger partial charge is 0.692 e. The van der Waals surface area contributed by atoms with Gasteiger partial charge in [0.2, 0.25) is 0 Å². The first-order valence-corrected chi connectivity index (χ1v) is 13.9. The highest BCUT2D eigenvalue weighted by Crippen LogP contribution is 2.42. The fraction of sp³-hybridized carbons (Fsp3) is 0.357. The molecule has 0 radical (unpaired) electrons. The monoisotopic (exact) mass is 532 g/mol. The van der Waals surface area contributed by atoms with E-state index in [1.54, 1.807) is 0 Å². The molecule has 0 fully saturated rings. The van der Waals surface area contributed by atoms with E-state index in [-0.39, 0.29) is 10.8 Å². The third kappa shape index (κ3) is 10.4. The zero-order chi connectivity index (χ0) is 27.7. The van der Waals surface area contributed by atoms with Crippen LogP contribution in [0.5, 0.6) is 0 Å². The fourth-order valence-electron chi connectivity index (χ4n) is 3.86. The number of hydrogen-bond donors (Lipinski definition) is 4.